The minimum absolute atomic E-state index is 0.501. The summed E-state index contributed by atoms with van der Waals surface area (Å²) in [5.41, 5.74) is 2.56. The molecule has 0 bridgehead atoms. The Bertz CT molecular complexity index is 543. The molecule has 0 aliphatic carbocycles. The Hall–Kier alpha value is -2.08. The highest BCUT2D eigenvalue weighted by molar-refractivity contribution is 5.88. The van der Waals surface area contributed by atoms with E-state index in [0.717, 1.165) is 22.8 Å². The van der Waals surface area contributed by atoms with Gasteiger partial charge in [-0.15, -0.1) is 0 Å². The van der Waals surface area contributed by atoms with Crippen LogP contribution in [-0.4, -0.2) is 10.9 Å². The van der Waals surface area contributed by atoms with Crippen LogP contribution in [0.3, 0.4) is 0 Å². The van der Waals surface area contributed by atoms with Crippen LogP contribution in [0, 0.1) is 23.7 Å². The number of hydrogen-bond donors (Lipinski definition) is 1. The van der Waals surface area contributed by atoms with Crippen LogP contribution in [0.4, 0.5) is 0 Å². The lowest BCUT2D eigenvalue weighted by atomic mass is 10.2. The van der Waals surface area contributed by atoms with E-state index in [9.17, 15) is 0 Å². The minimum atomic E-state index is 0.501. The van der Waals surface area contributed by atoms with Crippen molar-refractivity contribution >= 4 is 17.2 Å². The first kappa shape index (κ1) is 8.52. The number of benzene rings is 1. The number of aromatic nitrogens is 1. The lowest BCUT2D eigenvalue weighted by Gasteiger charge is -1.97. The third-order valence-electron chi connectivity index (χ3n) is 2.24. The Morgan fingerprint density at radius 2 is 2.21 bits per heavy atom. The van der Waals surface area contributed by atoms with Crippen LogP contribution in [0.15, 0.2) is 24.3 Å². The molecular weight excluding hydrogens is 174 g/mol. The van der Waals surface area contributed by atoms with Crippen LogP contribution in [-0.2, 0) is 0 Å². The second-order valence-corrected chi connectivity index (χ2v) is 3.20. The van der Waals surface area contributed by atoms with E-state index in [0.29, 0.717) is 5.69 Å². The Labute approximate surface area is 81.7 Å². The zero-order valence-corrected chi connectivity index (χ0v) is 7.78. The Kier molecular flexibility index (Phi) is 1.83. The molecule has 0 spiro atoms. The first-order valence-electron chi connectivity index (χ1n) is 4.28. The third kappa shape index (κ3) is 1.09. The topological polar surface area (TPSA) is 52.6 Å². The first-order chi connectivity index (χ1) is 6.76. The van der Waals surface area contributed by atoms with Gasteiger partial charge in [0.15, 0.2) is 0 Å². The van der Waals surface area contributed by atoms with E-state index < -0.39 is 0 Å². The lowest BCUT2D eigenvalue weighted by molar-refractivity contribution is 1.19. The van der Waals surface area contributed by atoms with Crippen molar-refractivity contribution in [3.05, 3.63) is 35.5 Å². The largest absolute Gasteiger partial charge is 0.292 e. The van der Waals surface area contributed by atoms with Gasteiger partial charge in [0, 0.05) is 5.39 Å². The van der Waals surface area contributed by atoms with Crippen molar-refractivity contribution in [3.63, 3.8) is 0 Å². The van der Waals surface area contributed by atoms with Gasteiger partial charge >= 0.3 is 0 Å². The highest BCUT2D eigenvalue weighted by Gasteiger charge is 2.05. The normalized spacial score (nSPS) is 10.0. The van der Waals surface area contributed by atoms with E-state index in [1.54, 1.807) is 10.6 Å². The number of nitriles is 1. The zero-order chi connectivity index (χ0) is 10.1. The van der Waals surface area contributed by atoms with Crippen molar-refractivity contribution in [1.82, 2.24) is 4.57 Å². The second kappa shape index (κ2) is 3.00. The average molecular weight is 183 g/mol. The number of fused-ring (bicyclic) bond motifs is 1. The summed E-state index contributed by atoms with van der Waals surface area (Å²) in [6.07, 6.45) is 1.16. The standard InChI is InChI=1S/C11H9N3/c1-8-2-3-11-9(4-8)5-10(6-12)14(11)7-13/h2-5,7,13H,1H3. The predicted molar refractivity (Wildman–Crippen MR) is 55.6 cm³/mol. The zero-order valence-electron chi connectivity index (χ0n) is 7.78. The van der Waals surface area contributed by atoms with Crippen LogP contribution in [0.25, 0.3) is 10.9 Å². The molecule has 0 atom stereocenters. The van der Waals surface area contributed by atoms with Gasteiger partial charge in [-0.25, -0.2) is 0 Å². The van der Waals surface area contributed by atoms with E-state index in [2.05, 4.69) is 6.07 Å². The molecule has 1 aromatic heterocycles. The number of hydrogen-bond acceptors (Lipinski definition) is 2. The van der Waals surface area contributed by atoms with Crippen LogP contribution < -0.4 is 0 Å². The first-order valence-corrected chi connectivity index (χ1v) is 4.28. The summed E-state index contributed by atoms with van der Waals surface area (Å²) < 4.78 is 1.58. The summed E-state index contributed by atoms with van der Waals surface area (Å²) in [5.74, 6) is 0. The van der Waals surface area contributed by atoms with Crippen molar-refractivity contribution in [2.24, 2.45) is 0 Å². The highest BCUT2D eigenvalue weighted by atomic mass is 15.0. The molecule has 0 aliphatic heterocycles. The minimum Gasteiger partial charge on any atom is -0.292 e. The van der Waals surface area contributed by atoms with Gasteiger partial charge in [0.05, 0.1) is 11.9 Å². The molecule has 1 aromatic carbocycles. The maximum atomic E-state index is 8.85. The van der Waals surface area contributed by atoms with E-state index in [4.69, 9.17) is 10.7 Å². The van der Waals surface area contributed by atoms with Crippen molar-refractivity contribution in [3.8, 4) is 6.07 Å². The lowest BCUT2D eigenvalue weighted by Crippen LogP contribution is -1.95. The summed E-state index contributed by atoms with van der Waals surface area (Å²) in [4.78, 5) is 0. The smallest absolute Gasteiger partial charge is 0.126 e. The molecule has 0 aliphatic rings. The summed E-state index contributed by atoms with van der Waals surface area (Å²) in [5, 5.41) is 17.1. The van der Waals surface area contributed by atoms with Gasteiger partial charge in [-0.3, -0.25) is 9.98 Å². The van der Waals surface area contributed by atoms with E-state index in [1.165, 1.54) is 0 Å². The molecule has 0 fully saturated rings. The SMILES string of the molecule is Cc1ccc2c(c1)cc(C#N)n2C=N. The maximum Gasteiger partial charge on any atom is 0.126 e. The van der Waals surface area contributed by atoms with Crippen LogP contribution in [0.1, 0.15) is 11.3 Å². The molecular formula is C11H9N3. The number of nitrogens with one attached hydrogen (secondary N) is 1. The third-order valence-corrected chi connectivity index (χ3v) is 2.24. The average Bonchev–Trinajstić information content (AvgIpc) is 2.54. The van der Waals surface area contributed by atoms with Crippen LogP contribution in [0.5, 0.6) is 0 Å². The molecule has 2 rings (SSSR count). The molecule has 3 nitrogen and oxygen atoms in total. The molecule has 1 heterocycles. The highest BCUT2D eigenvalue weighted by Crippen LogP contribution is 2.19. The Morgan fingerprint density at radius 1 is 1.43 bits per heavy atom. The summed E-state index contributed by atoms with van der Waals surface area (Å²) in [7, 11) is 0. The summed E-state index contributed by atoms with van der Waals surface area (Å²) in [6, 6.07) is 9.78. The molecule has 2 aromatic rings. The van der Waals surface area contributed by atoms with E-state index in [1.807, 2.05) is 25.1 Å². The van der Waals surface area contributed by atoms with Gasteiger partial charge < -0.3 is 0 Å². The number of nitrogens with zero attached hydrogens (tertiary/aromatic N) is 2. The van der Waals surface area contributed by atoms with Crippen LogP contribution in [0.2, 0.25) is 0 Å². The number of aryl methyl sites for hydroxylation is 1. The van der Waals surface area contributed by atoms with Crippen molar-refractivity contribution in [1.29, 1.82) is 10.7 Å². The second-order valence-electron chi connectivity index (χ2n) is 3.20. The van der Waals surface area contributed by atoms with E-state index in [-0.39, 0.29) is 0 Å². The molecule has 0 saturated heterocycles. The van der Waals surface area contributed by atoms with Crippen molar-refractivity contribution < 1.29 is 0 Å². The predicted octanol–water partition coefficient (Wildman–Crippen LogP) is 2.28. The van der Waals surface area contributed by atoms with Gasteiger partial charge in [0.1, 0.15) is 11.8 Å². The molecule has 1 N–H and O–H groups in total. The molecule has 14 heavy (non-hydrogen) atoms. The van der Waals surface area contributed by atoms with Gasteiger partial charge in [-0.2, -0.15) is 5.26 Å². The summed E-state index contributed by atoms with van der Waals surface area (Å²) >= 11 is 0. The molecule has 68 valence electrons. The van der Waals surface area contributed by atoms with Gasteiger partial charge in [0.2, 0.25) is 0 Å². The fourth-order valence-electron chi connectivity index (χ4n) is 1.58. The Morgan fingerprint density at radius 3 is 2.86 bits per heavy atom. The molecule has 0 saturated carbocycles. The maximum absolute atomic E-state index is 8.85. The number of rotatable bonds is 1. The fourth-order valence-corrected chi connectivity index (χ4v) is 1.58. The Balaban J connectivity index is 2.88. The monoisotopic (exact) mass is 183 g/mol. The molecule has 0 radical (unpaired) electrons. The van der Waals surface area contributed by atoms with Crippen molar-refractivity contribution in [2.45, 2.75) is 6.92 Å². The van der Waals surface area contributed by atoms with Crippen LogP contribution >= 0.6 is 0 Å². The summed E-state index contributed by atoms with van der Waals surface area (Å²) in [6.45, 7) is 2.01. The molecule has 0 amide bonds. The molecule has 3 heteroatoms. The van der Waals surface area contributed by atoms with E-state index >= 15 is 0 Å². The quantitative estimate of drug-likeness (QED) is 0.535. The van der Waals surface area contributed by atoms with Crippen molar-refractivity contribution in [2.75, 3.05) is 0 Å². The van der Waals surface area contributed by atoms with Gasteiger partial charge in [-0.05, 0) is 25.1 Å². The van der Waals surface area contributed by atoms with Gasteiger partial charge in [0.25, 0.3) is 0 Å². The fraction of sp³-hybridized carbons (Fsp3) is 0.0909. The molecule has 0 unspecified atom stereocenters. The van der Waals surface area contributed by atoms with Gasteiger partial charge in [-0.1, -0.05) is 11.6 Å².